The number of anilines is 1. The van der Waals surface area contributed by atoms with E-state index in [0.29, 0.717) is 6.54 Å². The summed E-state index contributed by atoms with van der Waals surface area (Å²) in [6.07, 6.45) is 4.95. The van der Waals surface area contributed by atoms with E-state index in [1.807, 2.05) is 12.3 Å². The van der Waals surface area contributed by atoms with Gasteiger partial charge in [-0.15, -0.1) is 0 Å². The molecule has 2 aliphatic rings. The average Bonchev–Trinajstić information content (AvgIpc) is 3.05. The summed E-state index contributed by atoms with van der Waals surface area (Å²) in [6, 6.07) is 10.4. The Morgan fingerprint density at radius 2 is 1.92 bits per heavy atom. The van der Waals surface area contributed by atoms with Crippen LogP contribution in [-0.4, -0.2) is 35.3 Å². The highest BCUT2D eigenvalue weighted by Crippen LogP contribution is 2.31. The maximum atomic E-state index is 5.91. The van der Waals surface area contributed by atoms with E-state index in [4.69, 9.17) is 15.7 Å². The molecule has 0 atom stereocenters. The van der Waals surface area contributed by atoms with Gasteiger partial charge in [0.25, 0.3) is 0 Å². The predicted molar refractivity (Wildman–Crippen MR) is 101 cm³/mol. The zero-order valence-electron chi connectivity index (χ0n) is 14.8. The van der Waals surface area contributed by atoms with Gasteiger partial charge in [-0.3, -0.25) is 4.99 Å². The van der Waals surface area contributed by atoms with Gasteiger partial charge < -0.3 is 10.6 Å². The number of aromatic nitrogens is 2. The number of fused-ring (bicyclic) bond motifs is 1. The molecule has 2 N–H and O–H groups in total. The van der Waals surface area contributed by atoms with Crippen LogP contribution in [0, 0.1) is 5.41 Å². The van der Waals surface area contributed by atoms with Crippen LogP contribution in [0.15, 0.2) is 41.5 Å². The molecule has 0 amide bonds. The maximum absolute atomic E-state index is 5.91. The second kappa shape index (κ2) is 6.56. The van der Waals surface area contributed by atoms with E-state index in [1.54, 1.807) is 0 Å². The summed E-state index contributed by atoms with van der Waals surface area (Å²) < 4.78 is 0. The molecule has 1 saturated heterocycles. The van der Waals surface area contributed by atoms with Crippen molar-refractivity contribution in [3.05, 3.63) is 53.5 Å². The number of benzene rings is 1. The van der Waals surface area contributed by atoms with Gasteiger partial charge in [-0.2, -0.15) is 0 Å². The number of rotatable bonds is 4. The Balaban J connectivity index is 1.48. The molecule has 130 valence electrons. The minimum Gasteiger partial charge on any atom is -0.355 e. The zero-order valence-corrected chi connectivity index (χ0v) is 14.8. The normalized spacial score (nSPS) is 18.8. The van der Waals surface area contributed by atoms with E-state index >= 15 is 0 Å². The van der Waals surface area contributed by atoms with Crippen LogP contribution < -0.4 is 10.6 Å². The third-order valence-corrected chi connectivity index (χ3v) is 5.53. The Hall–Kier alpha value is -2.27. The van der Waals surface area contributed by atoms with Gasteiger partial charge in [0.1, 0.15) is 11.5 Å². The molecule has 2 aromatic rings. The smallest absolute Gasteiger partial charge is 0.147 e. The average molecular weight is 335 g/mol. The molecule has 0 saturated carbocycles. The quantitative estimate of drug-likeness (QED) is 0.932. The van der Waals surface area contributed by atoms with Crippen LogP contribution in [0.25, 0.3) is 0 Å². The molecule has 25 heavy (non-hydrogen) atoms. The molecule has 0 unspecified atom stereocenters. The van der Waals surface area contributed by atoms with Gasteiger partial charge in [0, 0.05) is 19.5 Å². The molecule has 1 aromatic carbocycles. The largest absolute Gasteiger partial charge is 0.355 e. The lowest BCUT2D eigenvalue weighted by Crippen LogP contribution is -2.42. The van der Waals surface area contributed by atoms with E-state index in [0.717, 1.165) is 61.8 Å². The molecule has 5 nitrogen and oxygen atoms in total. The van der Waals surface area contributed by atoms with Crippen molar-refractivity contribution in [2.75, 3.05) is 24.5 Å². The standard InChI is InChI=1S/C20H25N5/c1-20(14-21)7-9-25(10-8-20)18-13-23-19-16(22-12-17(19)24-18)11-15-5-3-2-4-6-15/h2-6,13H,7-12,14,21H2,1H3. The lowest BCUT2D eigenvalue weighted by atomic mass is 9.80. The summed E-state index contributed by atoms with van der Waals surface area (Å²) in [5.74, 6) is 0.981. The minimum atomic E-state index is 0.270. The van der Waals surface area contributed by atoms with Crippen molar-refractivity contribution in [3.63, 3.8) is 0 Å². The molecule has 0 aliphatic carbocycles. The van der Waals surface area contributed by atoms with Crippen molar-refractivity contribution >= 4 is 11.5 Å². The van der Waals surface area contributed by atoms with Crippen LogP contribution in [0.2, 0.25) is 0 Å². The van der Waals surface area contributed by atoms with E-state index in [9.17, 15) is 0 Å². The number of nitrogens with two attached hydrogens (primary N) is 1. The van der Waals surface area contributed by atoms with Crippen LogP contribution in [-0.2, 0) is 13.0 Å². The highest BCUT2D eigenvalue weighted by atomic mass is 15.2. The molecule has 0 radical (unpaired) electrons. The van der Waals surface area contributed by atoms with Crippen molar-refractivity contribution in [1.82, 2.24) is 9.97 Å². The second-order valence-corrected chi connectivity index (χ2v) is 7.45. The summed E-state index contributed by atoms with van der Waals surface area (Å²) in [5.41, 5.74) is 10.5. The van der Waals surface area contributed by atoms with Crippen molar-refractivity contribution in [1.29, 1.82) is 0 Å². The number of nitrogens with zero attached hydrogens (tertiary/aromatic N) is 4. The van der Waals surface area contributed by atoms with Crippen LogP contribution in [0.1, 0.15) is 36.7 Å². The third-order valence-electron chi connectivity index (χ3n) is 5.53. The predicted octanol–water partition coefficient (Wildman–Crippen LogP) is 2.59. The lowest BCUT2D eigenvalue weighted by Gasteiger charge is -2.39. The zero-order chi connectivity index (χ0) is 17.3. The van der Waals surface area contributed by atoms with E-state index in [-0.39, 0.29) is 5.41 Å². The number of hydrogen-bond donors (Lipinski definition) is 1. The Bertz CT molecular complexity index is 776. The first kappa shape index (κ1) is 16.2. The Morgan fingerprint density at radius 1 is 1.16 bits per heavy atom. The SMILES string of the molecule is CC1(CN)CCN(c2cnc3c(n2)CN=C3Cc2ccccc2)CC1. The first-order valence-electron chi connectivity index (χ1n) is 9.05. The maximum Gasteiger partial charge on any atom is 0.147 e. The molecule has 1 aromatic heterocycles. The molecular formula is C20H25N5. The molecular weight excluding hydrogens is 310 g/mol. The Morgan fingerprint density at radius 3 is 2.64 bits per heavy atom. The molecule has 0 spiro atoms. The van der Waals surface area contributed by atoms with Gasteiger partial charge in [0.15, 0.2) is 0 Å². The Kier molecular flexibility index (Phi) is 4.25. The van der Waals surface area contributed by atoms with Gasteiger partial charge in [-0.1, -0.05) is 37.3 Å². The molecule has 5 heteroatoms. The first-order chi connectivity index (χ1) is 12.2. The van der Waals surface area contributed by atoms with Gasteiger partial charge in [0.05, 0.1) is 24.1 Å². The van der Waals surface area contributed by atoms with Crippen molar-refractivity contribution < 1.29 is 0 Å². The summed E-state index contributed by atoms with van der Waals surface area (Å²) >= 11 is 0. The molecule has 4 rings (SSSR count). The highest BCUT2D eigenvalue weighted by molar-refractivity contribution is 6.02. The van der Waals surface area contributed by atoms with Crippen LogP contribution in [0.3, 0.4) is 0 Å². The first-order valence-corrected chi connectivity index (χ1v) is 9.05. The highest BCUT2D eigenvalue weighted by Gasteiger charge is 2.30. The van der Waals surface area contributed by atoms with E-state index in [2.05, 4.69) is 41.1 Å². The van der Waals surface area contributed by atoms with Crippen LogP contribution in [0.5, 0.6) is 0 Å². The summed E-state index contributed by atoms with van der Waals surface area (Å²) in [4.78, 5) is 16.6. The molecule has 3 heterocycles. The number of aliphatic imine (C=N–C) groups is 1. The minimum absolute atomic E-state index is 0.270. The fraction of sp³-hybridized carbons (Fsp3) is 0.450. The second-order valence-electron chi connectivity index (χ2n) is 7.45. The fourth-order valence-electron chi connectivity index (χ4n) is 3.57. The van der Waals surface area contributed by atoms with Crippen molar-refractivity contribution in [3.8, 4) is 0 Å². The third kappa shape index (κ3) is 3.29. The lowest BCUT2D eigenvalue weighted by molar-refractivity contribution is 0.258. The van der Waals surface area contributed by atoms with Crippen LogP contribution in [0.4, 0.5) is 5.82 Å². The van der Waals surface area contributed by atoms with E-state index < -0.39 is 0 Å². The topological polar surface area (TPSA) is 67.4 Å². The molecule has 2 aliphatic heterocycles. The van der Waals surface area contributed by atoms with Gasteiger partial charge in [-0.05, 0) is 30.4 Å². The van der Waals surface area contributed by atoms with Gasteiger partial charge >= 0.3 is 0 Å². The monoisotopic (exact) mass is 335 g/mol. The molecule has 0 bridgehead atoms. The van der Waals surface area contributed by atoms with Crippen molar-refractivity contribution in [2.45, 2.75) is 32.7 Å². The summed E-state index contributed by atoms with van der Waals surface area (Å²) in [6.45, 7) is 5.68. The number of hydrogen-bond acceptors (Lipinski definition) is 5. The Labute approximate surface area is 149 Å². The summed E-state index contributed by atoms with van der Waals surface area (Å²) in [7, 11) is 0. The van der Waals surface area contributed by atoms with Gasteiger partial charge in [0.2, 0.25) is 0 Å². The van der Waals surface area contributed by atoms with Crippen molar-refractivity contribution in [2.24, 2.45) is 16.1 Å². The van der Waals surface area contributed by atoms with Gasteiger partial charge in [-0.25, -0.2) is 9.97 Å². The van der Waals surface area contributed by atoms with E-state index in [1.165, 1.54) is 5.56 Å². The molecule has 1 fully saturated rings. The summed E-state index contributed by atoms with van der Waals surface area (Å²) in [5, 5.41) is 0. The number of piperidine rings is 1. The fourth-order valence-corrected chi connectivity index (χ4v) is 3.57. The van der Waals surface area contributed by atoms with Crippen LogP contribution >= 0.6 is 0 Å².